The molecular weight excluding hydrogens is 450 g/mol. The fourth-order valence-electron chi connectivity index (χ4n) is 3.64. The highest BCUT2D eigenvalue weighted by atomic mass is 32.1. The molecule has 0 radical (unpaired) electrons. The predicted octanol–water partition coefficient (Wildman–Crippen LogP) is 5.35. The quantitative estimate of drug-likeness (QED) is 0.378. The summed E-state index contributed by atoms with van der Waals surface area (Å²) in [6, 6.07) is 13.4. The first-order chi connectivity index (χ1) is 16.3. The van der Waals surface area contributed by atoms with Crippen LogP contribution in [0.15, 0.2) is 42.6 Å². The summed E-state index contributed by atoms with van der Waals surface area (Å²) in [5.74, 6) is -0.932. The van der Waals surface area contributed by atoms with Gasteiger partial charge in [-0.15, -0.1) is 11.3 Å². The summed E-state index contributed by atoms with van der Waals surface area (Å²) in [5, 5.41) is 17.8. The maximum absolute atomic E-state index is 13.5. The largest absolute Gasteiger partial charge is 0.462 e. The van der Waals surface area contributed by atoms with Crippen molar-refractivity contribution < 1.29 is 14.3 Å². The molecule has 9 heteroatoms. The van der Waals surface area contributed by atoms with Crippen LogP contribution in [0.5, 0.6) is 0 Å². The third-order valence-corrected chi connectivity index (χ3v) is 6.50. The lowest BCUT2D eigenvalue weighted by Crippen LogP contribution is -2.13. The molecule has 8 nitrogen and oxygen atoms in total. The predicted molar refractivity (Wildman–Crippen MR) is 131 cm³/mol. The number of carbonyl (C=O) groups is 2. The van der Waals surface area contributed by atoms with Gasteiger partial charge in [-0.25, -0.2) is 14.5 Å². The van der Waals surface area contributed by atoms with Gasteiger partial charge in [-0.3, -0.25) is 4.79 Å². The molecule has 1 aromatic carbocycles. The SMILES string of the molecule is CCOC(=O)c1sc(NC(=O)c2cc(-c3ccccc3)nc3c2cnn3C(C)C)c(C#N)c1C. The number of pyridine rings is 1. The number of hydrogen-bond acceptors (Lipinski definition) is 7. The number of nitrogens with zero attached hydrogens (tertiary/aromatic N) is 4. The van der Waals surface area contributed by atoms with Gasteiger partial charge in [0.1, 0.15) is 15.9 Å². The van der Waals surface area contributed by atoms with Crippen LogP contribution in [0.3, 0.4) is 0 Å². The molecule has 0 aliphatic carbocycles. The molecule has 0 fully saturated rings. The number of fused-ring (bicyclic) bond motifs is 1. The summed E-state index contributed by atoms with van der Waals surface area (Å²) >= 11 is 1.03. The van der Waals surface area contributed by atoms with Gasteiger partial charge in [0.15, 0.2) is 5.65 Å². The fourth-order valence-corrected chi connectivity index (χ4v) is 4.68. The summed E-state index contributed by atoms with van der Waals surface area (Å²) < 4.78 is 6.86. The number of carbonyl (C=O) groups excluding carboxylic acids is 2. The van der Waals surface area contributed by atoms with E-state index in [0.717, 1.165) is 16.9 Å². The van der Waals surface area contributed by atoms with Crippen molar-refractivity contribution in [2.24, 2.45) is 0 Å². The summed E-state index contributed by atoms with van der Waals surface area (Å²) in [6.07, 6.45) is 1.63. The van der Waals surface area contributed by atoms with Crippen LogP contribution in [0.4, 0.5) is 5.00 Å². The number of nitrogens with one attached hydrogen (secondary N) is 1. The van der Waals surface area contributed by atoms with E-state index < -0.39 is 11.9 Å². The zero-order valence-corrected chi connectivity index (χ0v) is 20.1. The molecule has 0 atom stereocenters. The fraction of sp³-hybridized carbons (Fsp3) is 0.240. The van der Waals surface area contributed by atoms with Gasteiger partial charge < -0.3 is 10.1 Å². The molecule has 0 aliphatic rings. The standard InChI is InChI=1S/C25H23N5O3S/c1-5-33-25(32)21-15(4)18(12-26)24(34-21)29-23(31)17-11-20(16-9-7-6-8-10-16)28-22-19(17)13-27-30(22)14(2)3/h6-11,13-14H,5H2,1-4H3,(H,29,31). The molecule has 0 saturated heterocycles. The first-order valence-electron chi connectivity index (χ1n) is 10.8. The summed E-state index contributed by atoms with van der Waals surface area (Å²) in [7, 11) is 0. The average Bonchev–Trinajstić information content (AvgIpc) is 3.40. The van der Waals surface area contributed by atoms with E-state index in [-0.39, 0.29) is 18.2 Å². The van der Waals surface area contributed by atoms with Crippen LogP contribution < -0.4 is 5.32 Å². The number of hydrogen-bond donors (Lipinski definition) is 1. The Morgan fingerprint density at radius 2 is 2.00 bits per heavy atom. The van der Waals surface area contributed by atoms with Crippen molar-refractivity contribution in [3.05, 3.63) is 64.2 Å². The summed E-state index contributed by atoms with van der Waals surface area (Å²) in [6.45, 7) is 7.59. The van der Waals surface area contributed by atoms with Crippen molar-refractivity contribution in [1.29, 1.82) is 5.26 Å². The minimum atomic E-state index is -0.516. The Morgan fingerprint density at radius 3 is 2.65 bits per heavy atom. The van der Waals surface area contributed by atoms with E-state index in [4.69, 9.17) is 9.72 Å². The lowest BCUT2D eigenvalue weighted by atomic mass is 10.1. The lowest BCUT2D eigenvalue weighted by molar-refractivity contribution is 0.0531. The van der Waals surface area contributed by atoms with Gasteiger partial charge in [0.25, 0.3) is 5.91 Å². The van der Waals surface area contributed by atoms with E-state index in [1.807, 2.05) is 44.2 Å². The molecule has 4 aromatic rings. The molecule has 0 spiro atoms. The van der Waals surface area contributed by atoms with Gasteiger partial charge in [-0.1, -0.05) is 30.3 Å². The topological polar surface area (TPSA) is 110 Å². The third kappa shape index (κ3) is 4.16. The molecule has 34 heavy (non-hydrogen) atoms. The van der Waals surface area contributed by atoms with E-state index in [0.29, 0.717) is 37.7 Å². The Morgan fingerprint density at radius 1 is 1.26 bits per heavy atom. The average molecular weight is 474 g/mol. The highest BCUT2D eigenvalue weighted by Crippen LogP contribution is 2.34. The number of esters is 1. The lowest BCUT2D eigenvalue weighted by Gasteiger charge is -2.11. The van der Waals surface area contributed by atoms with E-state index >= 15 is 0 Å². The van der Waals surface area contributed by atoms with Crippen LogP contribution >= 0.6 is 11.3 Å². The molecule has 1 N–H and O–H groups in total. The number of ether oxygens (including phenoxy) is 1. The van der Waals surface area contributed by atoms with Crippen molar-refractivity contribution >= 4 is 39.2 Å². The number of rotatable bonds is 6. The van der Waals surface area contributed by atoms with Gasteiger partial charge in [0.2, 0.25) is 0 Å². The maximum Gasteiger partial charge on any atom is 0.348 e. The van der Waals surface area contributed by atoms with Crippen LogP contribution in [0.2, 0.25) is 0 Å². The van der Waals surface area contributed by atoms with Crippen LogP contribution in [0, 0.1) is 18.3 Å². The minimum absolute atomic E-state index is 0.0456. The molecule has 172 valence electrons. The minimum Gasteiger partial charge on any atom is -0.462 e. The molecule has 3 heterocycles. The van der Waals surface area contributed by atoms with E-state index in [2.05, 4.69) is 16.5 Å². The van der Waals surface area contributed by atoms with Crippen LogP contribution in [-0.4, -0.2) is 33.2 Å². The van der Waals surface area contributed by atoms with Gasteiger partial charge in [-0.05, 0) is 39.3 Å². The molecular formula is C25H23N5O3S. The molecule has 0 bridgehead atoms. The van der Waals surface area contributed by atoms with Crippen molar-refractivity contribution in [2.45, 2.75) is 33.7 Å². The number of anilines is 1. The van der Waals surface area contributed by atoms with Crippen LogP contribution in [0.25, 0.3) is 22.3 Å². The van der Waals surface area contributed by atoms with Crippen molar-refractivity contribution in [3.63, 3.8) is 0 Å². The zero-order valence-electron chi connectivity index (χ0n) is 19.2. The van der Waals surface area contributed by atoms with Crippen molar-refractivity contribution in [2.75, 3.05) is 11.9 Å². The Kier molecular flexibility index (Phi) is 6.43. The third-order valence-electron chi connectivity index (χ3n) is 5.32. The number of aromatic nitrogens is 3. The van der Waals surface area contributed by atoms with E-state index in [1.165, 1.54) is 0 Å². The van der Waals surface area contributed by atoms with Crippen LogP contribution in [-0.2, 0) is 4.74 Å². The highest BCUT2D eigenvalue weighted by molar-refractivity contribution is 7.18. The number of benzene rings is 1. The molecule has 4 rings (SSSR count). The molecule has 0 aliphatic heterocycles. The summed E-state index contributed by atoms with van der Waals surface area (Å²) in [5.41, 5.74) is 3.20. The molecule has 0 unspecified atom stereocenters. The van der Waals surface area contributed by atoms with E-state index in [9.17, 15) is 14.9 Å². The van der Waals surface area contributed by atoms with Gasteiger partial charge >= 0.3 is 5.97 Å². The zero-order chi connectivity index (χ0) is 24.4. The van der Waals surface area contributed by atoms with Crippen molar-refractivity contribution in [1.82, 2.24) is 14.8 Å². The second kappa shape index (κ2) is 9.45. The Labute approximate surface area is 200 Å². The first kappa shape index (κ1) is 23.1. The normalized spacial score (nSPS) is 10.9. The molecule has 1 amide bonds. The van der Waals surface area contributed by atoms with E-state index in [1.54, 1.807) is 30.8 Å². The first-order valence-corrected chi connectivity index (χ1v) is 11.6. The molecule has 0 saturated carbocycles. The second-order valence-corrected chi connectivity index (χ2v) is 8.91. The number of nitriles is 1. The van der Waals surface area contributed by atoms with Crippen LogP contribution in [0.1, 0.15) is 58.0 Å². The van der Waals surface area contributed by atoms with Gasteiger partial charge in [0, 0.05) is 11.6 Å². The second-order valence-electron chi connectivity index (χ2n) is 7.89. The Hall–Kier alpha value is -4.03. The highest BCUT2D eigenvalue weighted by Gasteiger charge is 2.24. The smallest absolute Gasteiger partial charge is 0.348 e. The van der Waals surface area contributed by atoms with Crippen molar-refractivity contribution in [3.8, 4) is 17.3 Å². The van der Waals surface area contributed by atoms with Gasteiger partial charge in [0.05, 0.1) is 35.0 Å². The Bertz CT molecular complexity index is 1430. The van der Waals surface area contributed by atoms with Gasteiger partial charge in [-0.2, -0.15) is 10.4 Å². The number of amides is 1. The number of thiophene rings is 1. The molecule has 3 aromatic heterocycles. The summed E-state index contributed by atoms with van der Waals surface area (Å²) in [4.78, 5) is 30.9. The monoisotopic (exact) mass is 473 g/mol. The maximum atomic E-state index is 13.5. The Balaban J connectivity index is 1.81.